The summed E-state index contributed by atoms with van der Waals surface area (Å²) >= 11 is 0. The summed E-state index contributed by atoms with van der Waals surface area (Å²) in [5.41, 5.74) is 4.89. The Morgan fingerprint density at radius 2 is 2.13 bits per heavy atom. The van der Waals surface area contributed by atoms with Crippen LogP contribution in [0.4, 0.5) is 5.69 Å². The molecule has 1 aliphatic rings. The quantitative estimate of drug-likeness (QED) is 0.782. The first-order valence-electron chi connectivity index (χ1n) is 7.76. The van der Waals surface area contributed by atoms with Crippen molar-refractivity contribution in [3.63, 3.8) is 0 Å². The number of anilines is 1. The molecular weight excluding hydrogens is 288 g/mol. The van der Waals surface area contributed by atoms with E-state index in [1.165, 1.54) is 0 Å². The smallest absolute Gasteiger partial charge is 0.253 e. The second-order valence-electron chi connectivity index (χ2n) is 5.92. The van der Waals surface area contributed by atoms with Crippen LogP contribution in [0.1, 0.15) is 21.6 Å². The second kappa shape index (κ2) is 5.43. The van der Waals surface area contributed by atoms with Gasteiger partial charge in [0.05, 0.1) is 17.8 Å². The van der Waals surface area contributed by atoms with Gasteiger partial charge in [0, 0.05) is 30.2 Å². The van der Waals surface area contributed by atoms with Crippen LogP contribution in [-0.2, 0) is 13.0 Å². The molecule has 0 fully saturated rings. The predicted octanol–water partition coefficient (Wildman–Crippen LogP) is 2.80. The molecule has 2 aromatic carbocycles. The lowest BCUT2D eigenvalue weighted by Gasteiger charge is -2.25. The van der Waals surface area contributed by atoms with Gasteiger partial charge in [-0.05, 0) is 30.2 Å². The van der Waals surface area contributed by atoms with Gasteiger partial charge in [-0.2, -0.15) is 5.10 Å². The molecule has 0 saturated heterocycles. The summed E-state index contributed by atoms with van der Waals surface area (Å²) in [6.07, 6.45) is 0.920. The third-order valence-corrected chi connectivity index (χ3v) is 4.41. The van der Waals surface area contributed by atoms with E-state index in [0.717, 1.165) is 46.4 Å². The average Bonchev–Trinajstić information content (AvgIpc) is 3.00. The zero-order valence-corrected chi connectivity index (χ0v) is 13.0. The maximum Gasteiger partial charge on any atom is 0.253 e. The number of rotatable bonds is 3. The van der Waals surface area contributed by atoms with Crippen LogP contribution in [0.3, 0.4) is 0 Å². The molecule has 5 nitrogen and oxygen atoms in total. The van der Waals surface area contributed by atoms with Crippen molar-refractivity contribution in [1.82, 2.24) is 15.1 Å². The number of aromatic amines is 1. The summed E-state index contributed by atoms with van der Waals surface area (Å²) in [5.74, 6) is 0.0990. The van der Waals surface area contributed by atoms with Gasteiger partial charge in [0.2, 0.25) is 0 Å². The molecule has 0 saturated carbocycles. The van der Waals surface area contributed by atoms with E-state index in [4.69, 9.17) is 0 Å². The second-order valence-corrected chi connectivity index (χ2v) is 5.92. The Morgan fingerprint density at radius 1 is 1.26 bits per heavy atom. The van der Waals surface area contributed by atoms with Gasteiger partial charge in [0.1, 0.15) is 0 Å². The highest BCUT2D eigenvalue weighted by atomic mass is 16.2. The molecule has 0 aliphatic carbocycles. The molecule has 23 heavy (non-hydrogen) atoms. The van der Waals surface area contributed by atoms with Crippen LogP contribution in [0.5, 0.6) is 0 Å². The third-order valence-electron chi connectivity index (χ3n) is 4.41. The fourth-order valence-corrected chi connectivity index (χ4v) is 3.04. The number of hydrogen-bond donors (Lipinski definition) is 2. The van der Waals surface area contributed by atoms with Crippen molar-refractivity contribution in [3.05, 3.63) is 59.3 Å². The van der Waals surface area contributed by atoms with Crippen LogP contribution in [0.2, 0.25) is 0 Å². The van der Waals surface area contributed by atoms with Gasteiger partial charge in [-0.3, -0.25) is 9.89 Å². The number of amides is 1. The highest BCUT2D eigenvalue weighted by Gasteiger charge is 2.21. The number of benzene rings is 2. The Balaban J connectivity index is 1.57. The van der Waals surface area contributed by atoms with E-state index in [2.05, 4.69) is 21.6 Å². The molecule has 0 spiro atoms. The lowest BCUT2D eigenvalue weighted by atomic mass is 9.98. The molecule has 0 unspecified atom stereocenters. The predicted molar refractivity (Wildman–Crippen MR) is 90.5 cm³/mol. The fraction of sp³-hybridized carbons (Fsp3) is 0.222. The molecule has 1 amide bonds. The largest absolute Gasteiger partial charge is 0.379 e. The van der Waals surface area contributed by atoms with E-state index in [9.17, 15) is 4.79 Å². The number of para-hydroxylation sites is 1. The number of nitrogens with zero attached hydrogens (tertiary/aromatic N) is 2. The minimum atomic E-state index is 0.0990. The Bertz CT molecular complexity index is 884. The zero-order chi connectivity index (χ0) is 15.8. The number of fused-ring (bicyclic) bond motifs is 2. The molecule has 0 bridgehead atoms. The van der Waals surface area contributed by atoms with Crippen molar-refractivity contribution in [2.24, 2.45) is 0 Å². The number of likely N-dealkylation sites (N-methyl/N-ethyl adjacent to an activating group) is 1. The molecule has 1 aliphatic heterocycles. The van der Waals surface area contributed by atoms with E-state index >= 15 is 0 Å². The maximum absolute atomic E-state index is 12.3. The average molecular weight is 306 g/mol. The van der Waals surface area contributed by atoms with E-state index in [0.29, 0.717) is 6.54 Å². The summed E-state index contributed by atoms with van der Waals surface area (Å²) in [6, 6.07) is 14.1. The molecular formula is C18H18N4O. The molecule has 5 heteroatoms. The van der Waals surface area contributed by atoms with Crippen LogP contribution < -0.4 is 5.32 Å². The van der Waals surface area contributed by atoms with E-state index < -0.39 is 0 Å². The Labute approximate surface area is 134 Å². The van der Waals surface area contributed by atoms with Gasteiger partial charge >= 0.3 is 0 Å². The fourth-order valence-electron chi connectivity index (χ4n) is 3.04. The molecule has 2 heterocycles. The Morgan fingerprint density at radius 3 is 3.04 bits per heavy atom. The Kier molecular flexibility index (Phi) is 3.26. The first-order valence-corrected chi connectivity index (χ1v) is 7.76. The van der Waals surface area contributed by atoms with Crippen molar-refractivity contribution >= 4 is 22.5 Å². The molecule has 0 atom stereocenters. The topological polar surface area (TPSA) is 61.0 Å². The number of hydrogen-bond acceptors (Lipinski definition) is 3. The summed E-state index contributed by atoms with van der Waals surface area (Å²) in [5, 5.41) is 11.9. The normalized spacial score (nSPS) is 14.1. The van der Waals surface area contributed by atoms with Crippen molar-refractivity contribution < 1.29 is 4.79 Å². The summed E-state index contributed by atoms with van der Waals surface area (Å²) in [4.78, 5) is 14.0. The van der Waals surface area contributed by atoms with Crippen LogP contribution in [0.15, 0.2) is 42.5 Å². The van der Waals surface area contributed by atoms with Crippen LogP contribution >= 0.6 is 0 Å². The minimum Gasteiger partial charge on any atom is -0.379 e. The SMILES string of the molecule is CN1CCc2ccc(NCc3[nH]nc4ccccc34)cc2C1=O. The number of carbonyl (C=O) groups is 1. The van der Waals surface area contributed by atoms with Crippen molar-refractivity contribution in [2.75, 3.05) is 18.9 Å². The molecule has 3 aromatic rings. The molecule has 116 valence electrons. The Hall–Kier alpha value is -2.82. The lowest BCUT2D eigenvalue weighted by molar-refractivity contribution is 0.0781. The van der Waals surface area contributed by atoms with Gasteiger partial charge in [-0.25, -0.2) is 0 Å². The van der Waals surface area contributed by atoms with Crippen LogP contribution in [0.25, 0.3) is 10.9 Å². The number of carbonyl (C=O) groups excluding carboxylic acids is 1. The number of H-pyrrole nitrogens is 1. The first-order chi connectivity index (χ1) is 11.2. The summed E-state index contributed by atoms with van der Waals surface area (Å²) in [6.45, 7) is 1.43. The minimum absolute atomic E-state index is 0.0990. The van der Waals surface area contributed by atoms with Gasteiger partial charge < -0.3 is 10.2 Å². The van der Waals surface area contributed by atoms with Gasteiger partial charge in [-0.15, -0.1) is 0 Å². The van der Waals surface area contributed by atoms with Gasteiger partial charge in [0.25, 0.3) is 5.91 Å². The van der Waals surface area contributed by atoms with Gasteiger partial charge in [0.15, 0.2) is 0 Å². The van der Waals surface area contributed by atoms with Crippen molar-refractivity contribution in [2.45, 2.75) is 13.0 Å². The van der Waals surface area contributed by atoms with E-state index in [-0.39, 0.29) is 5.91 Å². The third kappa shape index (κ3) is 2.44. The van der Waals surface area contributed by atoms with Gasteiger partial charge in [-0.1, -0.05) is 24.3 Å². The van der Waals surface area contributed by atoms with Crippen molar-refractivity contribution in [3.8, 4) is 0 Å². The standard InChI is InChI=1S/C18H18N4O/c1-22-9-8-12-6-7-13(10-15(12)18(22)23)19-11-17-14-4-2-3-5-16(14)20-21-17/h2-7,10,19H,8-9,11H2,1H3,(H,20,21). The van der Waals surface area contributed by atoms with Crippen molar-refractivity contribution in [1.29, 1.82) is 0 Å². The van der Waals surface area contributed by atoms with E-state index in [1.807, 2.05) is 43.4 Å². The maximum atomic E-state index is 12.3. The monoisotopic (exact) mass is 306 g/mol. The zero-order valence-electron chi connectivity index (χ0n) is 13.0. The summed E-state index contributed by atoms with van der Waals surface area (Å²) < 4.78 is 0. The molecule has 0 radical (unpaired) electrons. The van der Waals surface area contributed by atoms with E-state index in [1.54, 1.807) is 4.90 Å². The van der Waals surface area contributed by atoms with Crippen LogP contribution in [-0.4, -0.2) is 34.6 Å². The highest BCUT2D eigenvalue weighted by Crippen LogP contribution is 2.23. The van der Waals surface area contributed by atoms with Crippen LogP contribution in [0, 0.1) is 0 Å². The number of nitrogens with one attached hydrogen (secondary N) is 2. The number of aromatic nitrogens is 2. The first kappa shape index (κ1) is 13.8. The molecule has 2 N–H and O–H groups in total. The highest BCUT2D eigenvalue weighted by molar-refractivity contribution is 5.97. The molecule has 4 rings (SSSR count). The summed E-state index contributed by atoms with van der Waals surface area (Å²) in [7, 11) is 1.85. The molecule has 1 aromatic heterocycles. The lowest BCUT2D eigenvalue weighted by Crippen LogP contribution is -2.34.